The monoisotopic (exact) mass is 414 g/mol. The number of hydrogen-bond acceptors (Lipinski definition) is 4. The van der Waals surface area contributed by atoms with Gasteiger partial charge in [-0.1, -0.05) is 18.2 Å². The molecule has 1 amide bonds. The van der Waals surface area contributed by atoms with Gasteiger partial charge < -0.3 is 4.74 Å². The van der Waals surface area contributed by atoms with Gasteiger partial charge in [0.2, 0.25) is 0 Å². The molecule has 0 spiro atoms. The smallest absolute Gasteiger partial charge is 0.271 e. The molecule has 0 aliphatic carbocycles. The number of rotatable bonds is 6. The number of halogens is 1. The first-order valence-corrected chi connectivity index (χ1v) is 9.52. The molecule has 4 rings (SSSR count). The highest BCUT2D eigenvalue weighted by Gasteiger charge is 2.12. The largest absolute Gasteiger partial charge is 0.497 e. The van der Waals surface area contributed by atoms with Gasteiger partial charge in [0.25, 0.3) is 5.91 Å². The van der Waals surface area contributed by atoms with Crippen LogP contribution in [0.5, 0.6) is 5.75 Å². The van der Waals surface area contributed by atoms with Crippen LogP contribution in [0.4, 0.5) is 4.39 Å². The maximum atomic E-state index is 13.4. The van der Waals surface area contributed by atoms with Gasteiger partial charge in [-0.3, -0.25) is 4.79 Å². The number of aromatic nitrogens is 2. The summed E-state index contributed by atoms with van der Waals surface area (Å²) in [6.45, 7) is 0. The molecule has 31 heavy (non-hydrogen) atoms. The maximum absolute atomic E-state index is 13.4. The molecule has 1 aromatic heterocycles. The lowest BCUT2D eigenvalue weighted by Gasteiger charge is -2.02. The van der Waals surface area contributed by atoms with E-state index in [1.54, 1.807) is 54.4 Å². The molecule has 0 atom stereocenters. The number of hydrogen-bond donors (Lipinski definition) is 1. The summed E-state index contributed by atoms with van der Waals surface area (Å²) >= 11 is 0. The highest BCUT2D eigenvalue weighted by Crippen LogP contribution is 2.23. The molecular weight excluding hydrogens is 395 g/mol. The second-order valence-corrected chi connectivity index (χ2v) is 6.65. The fourth-order valence-electron chi connectivity index (χ4n) is 2.99. The fraction of sp³-hybridized carbons (Fsp3) is 0.0417. The summed E-state index contributed by atoms with van der Waals surface area (Å²) in [6, 6.07) is 22.4. The van der Waals surface area contributed by atoms with Crippen LogP contribution in [0.25, 0.3) is 16.9 Å². The Morgan fingerprint density at radius 2 is 1.74 bits per heavy atom. The zero-order valence-electron chi connectivity index (χ0n) is 16.7. The molecule has 1 heterocycles. The SMILES string of the molecule is COc1ccc(C(=O)N/N=C\c2cn(-c3ccccc3)nc2-c2ccc(F)cc2)cc1. The van der Waals surface area contributed by atoms with Crippen molar-refractivity contribution in [2.75, 3.05) is 7.11 Å². The van der Waals surface area contributed by atoms with E-state index in [4.69, 9.17) is 4.74 Å². The molecule has 0 saturated carbocycles. The van der Waals surface area contributed by atoms with Crippen LogP contribution >= 0.6 is 0 Å². The van der Waals surface area contributed by atoms with Crippen LogP contribution in [-0.4, -0.2) is 29.0 Å². The molecule has 0 aliphatic rings. The summed E-state index contributed by atoms with van der Waals surface area (Å²) in [4.78, 5) is 12.3. The van der Waals surface area contributed by atoms with E-state index in [1.807, 2.05) is 30.3 Å². The van der Waals surface area contributed by atoms with Gasteiger partial charge in [0.05, 0.1) is 19.0 Å². The number of nitrogens with one attached hydrogen (secondary N) is 1. The first-order valence-electron chi connectivity index (χ1n) is 9.52. The Balaban J connectivity index is 1.60. The second-order valence-electron chi connectivity index (χ2n) is 6.65. The number of amides is 1. The van der Waals surface area contributed by atoms with Crippen molar-refractivity contribution in [1.29, 1.82) is 0 Å². The Morgan fingerprint density at radius 3 is 2.42 bits per heavy atom. The van der Waals surface area contributed by atoms with E-state index in [0.29, 0.717) is 22.6 Å². The quantitative estimate of drug-likeness (QED) is 0.374. The van der Waals surface area contributed by atoms with Crippen molar-refractivity contribution in [3.63, 3.8) is 0 Å². The van der Waals surface area contributed by atoms with E-state index in [-0.39, 0.29) is 11.7 Å². The molecule has 0 fully saturated rings. The molecule has 7 heteroatoms. The standard InChI is InChI=1S/C24H19FN4O2/c1-31-22-13-9-18(10-14-22)24(30)27-26-15-19-16-29(21-5-3-2-4-6-21)28-23(19)17-7-11-20(25)12-8-17/h2-16H,1H3,(H,27,30)/b26-15-. The van der Waals surface area contributed by atoms with E-state index in [2.05, 4.69) is 15.6 Å². The predicted molar refractivity (Wildman–Crippen MR) is 117 cm³/mol. The van der Waals surface area contributed by atoms with Crippen LogP contribution in [0.1, 0.15) is 15.9 Å². The number of benzene rings is 3. The summed E-state index contributed by atoms with van der Waals surface area (Å²) in [5.41, 5.74) is 5.86. The lowest BCUT2D eigenvalue weighted by molar-refractivity contribution is 0.0955. The second kappa shape index (κ2) is 9.04. The molecule has 0 aliphatic heterocycles. The molecule has 154 valence electrons. The third kappa shape index (κ3) is 4.67. The fourth-order valence-corrected chi connectivity index (χ4v) is 2.99. The Bertz CT molecular complexity index is 1200. The Labute approximate surface area is 178 Å². The number of nitrogens with zero attached hydrogens (tertiary/aromatic N) is 3. The van der Waals surface area contributed by atoms with Crippen molar-refractivity contribution >= 4 is 12.1 Å². The average molecular weight is 414 g/mol. The number of carbonyl (C=O) groups excluding carboxylic acids is 1. The van der Waals surface area contributed by atoms with Crippen LogP contribution in [0.3, 0.4) is 0 Å². The molecule has 1 N–H and O–H groups in total. The molecule has 4 aromatic rings. The van der Waals surface area contributed by atoms with E-state index < -0.39 is 0 Å². The van der Waals surface area contributed by atoms with Gasteiger partial charge in [0.15, 0.2) is 0 Å². The first kappa shape index (κ1) is 20.0. The molecule has 0 saturated heterocycles. The van der Waals surface area contributed by atoms with Gasteiger partial charge in [0, 0.05) is 22.9 Å². The van der Waals surface area contributed by atoms with Crippen LogP contribution in [0.15, 0.2) is 90.2 Å². The van der Waals surface area contributed by atoms with Crippen molar-refractivity contribution in [3.8, 4) is 22.7 Å². The number of hydrazone groups is 1. The summed E-state index contributed by atoms with van der Waals surface area (Å²) in [5.74, 6) is -0.0109. The van der Waals surface area contributed by atoms with Crippen molar-refractivity contribution in [1.82, 2.24) is 15.2 Å². The first-order chi connectivity index (χ1) is 15.1. The molecule has 6 nitrogen and oxygen atoms in total. The third-order valence-corrected chi connectivity index (χ3v) is 4.60. The minimum Gasteiger partial charge on any atom is -0.497 e. The average Bonchev–Trinajstić information content (AvgIpc) is 3.24. The van der Waals surface area contributed by atoms with E-state index in [0.717, 1.165) is 11.3 Å². The lowest BCUT2D eigenvalue weighted by atomic mass is 10.1. The number of para-hydroxylation sites is 1. The van der Waals surface area contributed by atoms with Crippen LogP contribution in [0, 0.1) is 5.82 Å². The molecule has 0 unspecified atom stereocenters. The normalized spacial score (nSPS) is 10.9. The number of methoxy groups -OCH3 is 1. The zero-order chi connectivity index (χ0) is 21.6. The summed E-state index contributed by atoms with van der Waals surface area (Å²) in [6.07, 6.45) is 3.32. The number of ether oxygens (including phenoxy) is 1. The predicted octanol–water partition coefficient (Wildman–Crippen LogP) is 4.45. The highest BCUT2D eigenvalue weighted by atomic mass is 19.1. The topological polar surface area (TPSA) is 68.5 Å². The van der Waals surface area contributed by atoms with Gasteiger partial charge in [-0.15, -0.1) is 0 Å². The molecule has 0 bridgehead atoms. The van der Waals surface area contributed by atoms with Crippen molar-refractivity contribution in [3.05, 3.63) is 102 Å². The van der Waals surface area contributed by atoms with E-state index in [1.165, 1.54) is 18.3 Å². The Hall–Kier alpha value is -4.26. The minimum atomic E-state index is -0.349. The zero-order valence-corrected chi connectivity index (χ0v) is 16.7. The minimum absolute atomic E-state index is 0.326. The van der Waals surface area contributed by atoms with Crippen molar-refractivity contribution < 1.29 is 13.9 Å². The van der Waals surface area contributed by atoms with Crippen molar-refractivity contribution in [2.24, 2.45) is 5.10 Å². The van der Waals surface area contributed by atoms with Gasteiger partial charge in [0.1, 0.15) is 17.3 Å². The van der Waals surface area contributed by atoms with Gasteiger partial charge >= 0.3 is 0 Å². The van der Waals surface area contributed by atoms with Crippen molar-refractivity contribution in [2.45, 2.75) is 0 Å². The van der Waals surface area contributed by atoms with Crippen LogP contribution < -0.4 is 10.2 Å². The highest BCUT2D eigenvalue weighted by molar-refractivity contribution is 5.95. The van der Waals surface area contributed by atoms with Crippen LogP contribution in [0.2, 0.25) is 0 Å². The summed E-state index contributed by atoms with van der Waals surface area (Å²) in [5, 5.41) is 8.72. The number of carbonyl (C=O) groups is 1. The molecule has 0 radical (unpaired) electrons. The van der Waals surface area contributed by atoms with E-state index >= 15 is 0 Å². The van der Waals surface area contributed by atoms with E-state index in [9.17, 15) is 9.18 Å². The van der Waals surface area contributed by atoms with Gasteiger partial charge in [-0.05, 0) is 60.7 Å². The Kier molecular flexibility index (Phi) is 5.84. The lowest BCUT2D eigenvalue weighted by Crippen LogP contribution is -2.17. The summed E-state index contributed by atoms with van der Waals surface area (Å²) < 4.78 is 20.2. The molecular formula is C24H19FN4O2. The van der Waals surface area contributed by atoms with Gasteiger partial charge in [-0.25, -0.2) is 14.5 Å². The summed E-state index contributed by atoms with van der Waals surface area (Å²) in [7, 11) is 1.56. The van der Waals surface area contributed by atoms with Gasteiger partial charge in [-0.2, -0.15) is 10.2 Å². The third-order valence-electron chi connectivity index (χ3n) is 4.60. The Morgan fingerprint density at radius 1 is 1.03 bits per heavy atom. The van der Waals surface area contributed by atoms with Crippen LogP contribution in [-0.2, 0) is 0 Å². The molecule has 3 aromatic carbocycles. The maximum Gasteiger partial charge on any atom is 0.271 e.